The maximum Gasteiger partial charge on any atom is 0.0470 e. The largest absolute Gasteiger partial charge is 0.329 e. The molecule has 1 heterocycles. The van der Waals surface area contributed by atoms with E-state index in [1.54, 1.807) is 0 Å². The fourth-order valence-electron chi connectivity index (χ4n) is 2.60. The van der Waals surface area contributed by atoms with Gasteiger partial charge in [0, 0.05) is 12.6 Å². The van der Waals surface area contributed by atoms with Crippen molar-refractivity contribution in [2.45, 2.75) is 32.2 Å². The molecule has 1 fully saturated rings. The lowest BCUT2D eigenvalue weighted by Gasteiger charge is -2.34. The van der Waals surface area contributed by atoms with Crippen LogP contribution in [0.25, 0.3) is 0 Å². The van der Waals surface area contributed by atoms with Crippen molar-refractivity contribution in [2.75, 3.05) is 19.6 Å². The highest BCUT2D eigenvalue weighted by Gasteiger charge is 2.20. The topological polar surface area (TPSA) is 29.3 Å². The highest BCUT2D eigenvalue weighted by Crippen LogP contribution is 2.24. The molecule has 2 rings (SSSR count). The van der Waals surface area contributed by atoms with Crippen molar-refractivity contribution in [3.63, 3.8) is 0 Å². The van der Waals surface area contributed by atoms with Gasteiger partial charge in [0.05, 0.1) is 0 Å². The van der Waals surface area contributed by atoms with E-state index in [4.69, 9.17) is 5.73 Å². The Morgan fingerprint density at radius 2 is 2.00 bits per heavy atom. The van der Waals surface area contributed by atoms with E-state index in [-0.39, 0.29) is 0 Å². The van der Waals surface area contributed by atoms with Crippen LogP contribution in [0.15, 0.2) is 24.3 Å². The van der Waals surface area contributed by atoms with Gasteiger partial charge >= 0.3 is 0 Å². The number of nitrogens with two attached hydrogens (primary N) is 1. The smallest absolute Gasteiger partial charge is 0.0470 e. The minimum atomic E-state index is 0.417. The lowest BCUT2D eigenvalue weighted by Crippen LogP contribution is -2.37. The Morgan fingerprint density at radius 1 is 1.25 bits per heavy atom. The van der Waals surface area contributed by atoms with E-state index >= 15 is 0 Å². The molecule has 1 atom stereocenters. The van der Waals surface area contributed by atoms with E-state index in [0.29, 0.717) is 6.04 Å². The monoisotopic (exact) mass is 218 g/mol. The van der Waals surface area contributed by atoms with E-state index in [0.717, 1.165) is 6.54 Å². The minimum Gasteiger partial charge on any atom is -0.329 e. The zero-order valence-corrected chi connectivity index (χ0v) is 10.2. The van der Waals surface area contributed by atoms with Gasteiger partial charge in [-0.3, -0.25) is 4.90 Å². The number of rotatable bonds is 3. The number of benzene rings is 1. The van der Waals surface area contributed by atoms with Crippen LogP contribution in [0.5, 0.6) is 0 Å². The van der Waals surface area contributed by atoms with Crippen LogP contribution >= 0.6 is 0 Å². The van der Waals surface area contributed by atoms with Crippen LogP contribution in [0.1, 0.15) is 36.4 Å². The molecule has 1 aromatic rings. The fourth-order valence-corrected chi connectivity index (χ4v) is 2.60. The molecule has 0 spiro atoms. The van der Waals surface area contributed by atoms with Crippen LogP contribution in [-0.2, 0) is 0 Å². The Balaban J connectivity index is 2.14. The van der Waals surface area contributed by atoms with Crippen molar-refractivity contribution >= 4 is 0 Å². The summed E-state index contributed by atoms with van der Waals surface area (Å²) in [5.74, 6) is 0. The van der Waals surface area contributed by atoms with Crippen LogP contribution in [-0.4, -0.2) is 24.5 Å². The molecule has 0 aliphatic carbocycles. The third-order valence-corrected chi connectivity index (χ3v) is 3.48. The molecule has 0 unspecified atom stereocenters. The average Bonchev–Trinajstić information content (AvgIpc) is 2.31. The number of likely N-dealkylation sites (tertiary alicyclic amines) is 1. The maximum atomic E-state index is 5.94. The molecule has 0 aromatic heterocycles. The number of aryl methyl sites for hydroxylation is 1. The summed E-state index contributed by atoms with van der Waals surface area (Å²) >= 11 is 0. The summed E-state index contributed by atoms with van der Waals surface area (Å²) < 4.78 is 0. The summed E-state index contributed by atoms with van der Waals surface area (Å²) in [5, 5.41) is 0. The summed E-state index contributed by atoms with van der Waals surface area (Å²) in [4.78, 5) is 2.54. The molecule has 1 saturated heterocycles. The van der Waals surface area contributed by atoms with Crippen LogP contribution < -0.4 is 5.73 Å². The van der Waals surface area contributed by atoms with Gasteiger partial charge in [-0.05, 0) is 38.4 Å². The second-order valence-electron chi connectivity index (χ2n) is 4.76. The van der Waals surface area contributed by atoms with Crippen LogP contribution in [0.4, 0.5) is 0 Å². The predicted octanol–water partition coefficient (Wildman–Crippen LogP) is 2.48. The fraction of sp³-hybridized carbons (Fsp3) is 0.571. The lowest BCUT2D eigenvalue weighted by molar-refractivity contribution is 0.167. The van der Waals surface area contributed by atoms with E-state index in [1.807, 2.05) is 0 Å². The molecule has 1 aromatic carbocycles. The summed E-state index contributed by atoms with van der Waals surface area (Å²) in [6.07, 6.45) is 4.02. The van der Waals surface area contributed by atoms with E-state index in [9.17, 15) is 0 Å². The Bertz CT molecular complexity index is 329. The third-order valence-electron chi connectivity index (χ3n) is 3.48. The second kappa shape index (κ2) is 5.46. The van der Waals surface area contributed by atoms with Gasteiger partial charge in [0.1, 0.15) is 0 Å². The average molecular weight is 218 g/mol. The quantitative estimate of drug-likeness (QED) is 0.844. The molecule has 0 radical (unpaired) electrons. The summed E-state index contributed by atoms with van der Waals surface area (Å²) in [7, 11) is 0. The van der Waals surface area contributed by atoms with Crippen molar-refractivity contribution < 1.29 is 0 Å². The number of piperidine rings is 1. The van der Waals surface area contributed by atoms with E-state index < -0.39 is 0 Å². The number of nitrogens with zero attached hydrogens (tertiary/aromatic N) is 1. The van der Waals surface area contributed by atoms with Crippen LogP contribution in [0.3, 0.4) is 0 Å². The Kier molecular flexibility index (Phi) is 3.97. The lowest BCUT2D eigenvalue weighted by atomic mass is 10.0. The normalized spacial score (nSPS) is 19.6. The van der Waals surface area contributed by atoms with Crippen molar-refractivity contribution in [3.8, 4) is 0 Å². The van der Waals surface area contributed by atoms with Gasteiger partial charge in [0.25, 0.3) is 0 Å². The molecule has 2 nitrogen and oxygen atoms in total. The summed E-state index contributed by atoms with van der Waals surface area (Å²) in [6, 6.07) is 9.18. The summed E-state index contributed by atoms with van der Waals surface area (Å²) in [5.41, 5.74) is 8.65. The van der Waals surface area contributed by atoms with Crippen molar-refractivity contribution in [2.24, 2.45) is 5.73 Å². The Hall–Kier alpha value is -0.860. The van der Waals surface area contributed by atoms with Gasteiger partial charge in [0.2, 0.25) is 0 Å². The molecule has 0 bridgehead atoms. The molecule has 1 aliphatic rings. The number of hydrogen-bond donors (Lipinski definition) is 1. The molecule has 88 valence electrons. The zero-order chi connectivity index (χ0) is 11.4. The molecular weight excluding hydrogens is 196 g/mol. The molecule has 16 heavy (non-hydrogen) atoms. The predicted molar refractivity (Wildman–Crippen MR) is 68.4 cm³/mol. The van der Waals surface area contributed by atoms with Crippen molar-refractivity contribution in [1.82, 2.24) is 4.90 Å². The molecule has 1 aliphatic heterocycles. The first-order valence-electron chi connectivity index (χ1n) is 6.32. The molecule has 0 amide bonds. The van der Waals surface area contributed by atoms with Crippen LogP contribution in [0.2, 0.25) is 0 Å². The Morgan fingerprint density at radius 3 is 2.62 bits per heavy atom. The zero-order valence-electron chi connectivity index (χ0n) is 10.2. The van der Waals surface area contributed by atoms with Gasteiger partial charge in [-0.25, -0.2) is 0 Å². The SMILES string of the molecule is Cc1cccc([C@@H](CN)N2CCCCC2)c1. The minimum absolute atomic E-state index is 0.417. The third kappa shape index (κ3) is 2.63. The van der Waals surface area contributed by atoms with Crippen LogP contribution in [0, 0.1) is 6.92 Å². The number of hydrogen-bond acceptors (Lipinski definition) is 2. The first-order valence-corrected chi connectivity index (χ1v) is 6.32. The summed E-state index contributed by atoms with van der Waals surface area (Å²) in [6.45, 7) is 5.28. The highest BCUT2D eigenvalue weighted by molar-refractivity contribution is 5.25. The van der Waals surface area contributed by atoms with E-state index in [2.05, 4.69) is 36.1 Å². The second-order valence-corrected chi connectivity index (χ2v) is 4.76. The van der Waals surface area contributed by atoms with Gasteiger partial charge in [-0.15, -0.1) is 0 Å². The Labute approximate surface area is 98.4 Å². The molecular formula is C14H22N2. The van der Waals surface area contributed by atoms with Gasteiger partial charge in [-0.1, -0.05) is 36.2 Å². The van der Waals surface area contributed by atoms with E-state index in [1.165, 1.54) is 43.5 Å². The van der Waals surface area contributed by atoms with Gasteiger partial charge in [-0.2, -0.15) is 0 Å². The van der Waals surface area contributed by atoms with Gasteiger partial charge < -0.3 is 5.73 Å². The van der Waals surface area contributed by atoms with Crippen molar-refractivity contribution in [3.05, 3.63) is 35.4 Å². The molecule has 2 N–H and O–H groups in total. The van der Waals surface area contributed by atoms with Crippen molar-refractivity contribution in [1.29, 1.82) is 0 Å². The van der Waals surface area contributed by atoms with Gasteiger partial charge in [0.15, 0.2) is 0 Å². The first kappa shape index (κ1) is 11.6. The first-order chi connectivity index (χ1) is 7.81. The highest BCUT2D eigenvalue weighted by atomic mass is 15.2. The maximum absolute atomic E-state index is 5.94. The molecule has 0 saturated carbocycles. The molecule has 2 heteroatoms. The standard InChI is InChI=1S/C14H22N2/c1-12-6-5-7-13(10-12)14(11-15)16-8-3-2-4-9-16/h5-7,10,14H,2-4,8-9,11,15H2,1H3/t14-/m1/s1.